The molecule has 0 aliphatic heterocycles. The molecule has 0 atom stereocenters. The molecule has 0 unspecified atom stereocenters. The van der Waals surface area contributed by atoms with Gasteiger partial charge in [0, 0.05) is 20.0 Å². The van der Waals surface area contributed by atoms with Crippen molar-refractivity contribution in [1.82, 2.24) is 0 Å². The lowest BCUT2D eigenvalue weighted by Crippen LogP contribution is -2.12. The summed E-state index contributed by atoms with van der Waals surface area (Å²) in [5, 5.41) is 9.02. The topological polar surface area (TPSA) is 76.1 Å². The Bertz CT molecular complexity index is 872. The van der Waals surface area contributed by atoms with E-state index in [-0.39, 0.29) is 5.57 Å². The standard InChI is InChI=1S/C19H16BrIN2O2/c1-2-25-18-9-12(7-14(11-22)19(23)24)8-17(21)15(18)10-13-5-3-4-6-16(13)20/h3-9H,2,10H2,1H3,(H2,23,24)/b14-7+. The lowest BCUT2D eigenvalue weighted by atomic mass is 10.0. The van der Waals surface area contributed by atoms with Gasteiger partial charge >= 0.3 is 0 Å². The molecular formula is C19H16BrIN2O2. The average molecular weight is 511 g/mol. The summed E-state index contributed by atoms with van der Waals surface area (Å²) < 4.78 is 7.83. The van der Waals surface area contributed by atoms with Crippen LogP contribution in [0.5, 0.6) is 5.75 Å². The Morgan fingerprint density at radius 1 is 1.40 bits per heavy atom. The molecule has 128 valence electrons. The van der Waals surface area contributed by atoms with Gasteiger partial charge < -0.3 is 10.5 Å². The molecule has 2 aromatic rings. The Morgan fingerprint density at radius 2 is 2.12 bits per heavy atom. The Labute approximate surface area is 168 Å². The van der Waals surface area contributed by atoms with E-state index in [9.17, 15) is 4.79 Å². The van der Waals surface area contributed by atoms with Crippen LogP contribution in [0.15, 0.2) is 46.4 Å². The number of hydrogen-bond donors (Lipinski definition) is 1. The molecule has 0 heterocycles. The average Bonchev–Trinajstić information content (AvgIpc) is 2.57. The summed E-state index contributed by atoms with van der Waals surface area (Å²) in [5.41, 5.74) is 8.04. The van der Waals surface area contributed by atoms with Gasteiger partial charge in [-0.1, -0.05) is 34.1 Å². The van der Waals surface area contributed by atoms with Crippen LogP contribution in [0.4, 0.5) is 0 Å². The molecule has 0 saturated carbocycles. The highest BCUT2D eigenvalue weighted by Crippen LogP contribution is 2.31. The molecule has 0 saturated heterocycles. The van der Waals surface area contributed by atoms with Crippen LogP contribution in [-0.2, 0) is 11.2 Å². The number of nitrogens with two attached hydrogens (primary N) is 1. The normalized spacial score (nSPS) is 11.0. The van der Waals surface area contributed by atoms with Crippen molar-refractivity contribution in [1.29, 1.82) is 5.26 Å². The molecule has 0 aromatic heterocycles. The van der Waals surface area contributed by atoms with Crippen LogP contribution >= 0.6 is 38.5 Å². The Balaban J connectivity index is 2.50. The summed E-state index contributed by atoms with van der Waals surface area (Å²) in [7, 11) is 0. The Morgan fingerprint density at radius 3 is 2.72 bits per heavy atom. The molecule has 0 fully saturated rings. The smallest absolute Gasteiger partial charge is 0.259 e. The van der Waals surface area contributed by atoms with Crippen LogP contribution in [0.25, 0.3) is 6.08 Å². The van der Waals surface area contributed by atoms with Crippen molar-refractivity contribution in [2.45, 2.75) is 13.3 Å². The van der Waals surface area contributed by atoms with Gasteiger partial charge in [-0.05, 0) is 64.9 Å². The monoisotopic (exact) mass is 510 g/mol. The predicted molar refractivity (Wildman–Crippen MR) is 110 cm³/mol. The second kappa shape index (κ2) is 9.02. The van der Waals surface area contributed by atoms with E-state index in [1.54, 1.807) is 0 Å². The lowest BCUT2D eigenvalue weighted by Gasteiger charge is -2.14. The zero-order valence-corrected chi connectivity index (χ0v) is 17.3. The van der Waals surface area contributed by atoms with Crippen molar-refractivity contribution < 1.29 is 9.53 Å². The molecule has 0 spiro atoms. The molecule has 2 rings (SSSR count). The fourth-order valence-electron chi connectivity index (χ4n) is 2.33. The van der Waals surface area contributed by atoms with Crippen LogP contribution in [0.3, 0.4) is 0 Å². The van der Waals surface area contributed by atoms with Gasteiger partial charge in [0.05, 0.1) is 6.61 Å². The first kappa shape index (κ1) is 19.5. The number of halogens is 2. The van der Waals surface area contributed by atoms with Crippen molar-refractivity contribution in [3.63, 3.8) is 0 Å². The maximum atomic E-state index is 11.3. The lowest BCUT2D eigenvalue weighted by molar-refractivity contribution is -0.114. The highest BCUT2D eigenvalue weighted by molar-refractivity contribution is 14.1. The van der Waals surface area contributed by atoms with E-state index < -0.39 is 5.91 Å². The van der Waals surface area contributed by atoms with Gasteiger partial charge in [0.1, 0.15) is 17.4 Å². The number of carbonyl (C=O) groups excluding carboxylic acids is 1. The van der Waals surface area contributed by atoms with Crippen LogP contribution in [-0.4, -0.2) is 12.5 Å². The molecule has 1 amide bonds. The molecule has 2 aromatic carbocycles. The molecule has 0 aliphatic rings. The van der Waals surface area contributed by atoms with E-state index in [4.69, 9.17) is 15.7 Å². The molecule has 25 heavy (non-hydrogen) atoms. The van der Waals surface area contributed by atoms with Crippen LogP contribution < -0.4 is 10.5 Å². The minimum absolute atomic E-state index is 0.0863. The Hall–Kier alpha value is -1.85. The molecule has 0 bridgehead atoms. The largest absolute Gasteiger partial charge is 0.494 e. The number of carbonyl (C=O) groups is 1. The van der Waals surface area contributed by atoms with Gasteiger partial charge in [-0.3, -0.25) is 4.79 Å². The van der Waals surface area contributed by atoms with Crippen LogP contribution in [0.2, 0.25) is 0 Å². The first-order valence-electron chi connectivity index (χ1n) is 7.56. The molecule has 6 heteroatoms. The third kappa shape index (κ3) is 5.06. The van der Waals surface area contributed by atoms with E-state index in [0.29, 0.717) is 18.6 Å². The molecule has 4 nitrogen and oxygen atoms in total. The number of amides is 1. The molecular weight excluding hydrogens is 495 g/mol. The second-order valence-corrected chi connectivity index (χ2v) is 7.23. The van der Waals surface area contributed by atoms with Crippen LogP contribution in [0, 0.1) is 14.9 Å². The fraction of sp³-hybridized carbons (Fsp3) is 0.158. The minimum atomic E-state index is -0.743. The van der Waals surface area contributed by atoms with E-state index in [2.05, 4.69) is 44.6 Å². The van der Waals surface area contributed by atoms with E-state index in [1.165, 1.54) is 6.08 Å². The molecule has 0 aliphatic carbocycles. The van der Waals surface area contributed by atoms with Gasteiger partial charge in [-0.2, -0.15) is 5.26 Å². The number of benzene rings is 2. The van der Waals surface area contributed by atoms with Gasteiger partial charge in [0.2, 0.25) is 0 Å². The maximum absolute atomic E-state index is 11.3. The maximum Gasteiger partial charge on any atom is 0.259 e. The quantitative estimate of drug-likeness (QED) is 0.354. The van der Waals surface area contributed by atoms with Crippen molar-refractivity contribution >= 4 is 50.5 Å². The summed E-state index contributed by atoms with van der Waals surface area (Å²) >= 11 is 5.82. The summed E-state index contributed by atoms with van der Waals surface area (Å²) in [5.74, 6) is -0.00840. The number of primary amides is 1. The summed E-state index contributed by atoms with van der Waals surface area (Å²) in [6, 6.07) is 13.6. The van der Waals surface area contributed by atoms with Crippen molar-refractivity contribution in [3.8, 4) is 11.8 Å². The van der Waals surface area contributed by atoms with Gasteiger partial charge in [0.25, 0.3) is 5.91 Å². The van der Waals surface area contributed by atoms with Crippen molar-refractivity contribution in [2.75, 3.05) is 6.61 Å². The van der Waals surface area contributed by atoms with Crippen molar-refractivity contribution in [2.24, 2.45) is 5.73 Å². The van der Waals surface area contributed by atoms with E-state index >= 15 is 0 Å². The number of nitriles is 1. The highest BCUT2D eigenvalue weighted by atomic mass is 127. The van der Waals surface area contributed by atoms with Gasteiger partial charge in [-0.25, -0.2) is 0 Å². The zero-order valence-electron chi connectivity index (χ0n) is 13.6. The summed E-state index contributed by atoms with van der Waals surface area (Å²) in [6.45, 7) is 2.44. The second-order valence-electron chi connectivity index (χ2n) is 5.21. The van der Waals surface area contributed by atoms with Gasteiger partial charge in [0.15, 0.2) is 0 Å². The van der Waals surface area contributed by atoms with Crippen molar-refractivity contribution in [3.05, 3.63) is 66.7 Å². The SMILES string of the molecule is CCOc1cc(/C=C(\C#N)C(N)=O)cc(I)c1Cc1ccccc1Br. The first-order valence-corrected chi connectivity index (χ1v) is 9.43. The summed E-state index contributed by atoms with van der Waals surface area (Å²) in [6.07, 6.45) is 2.19. The third-order valence-electron chi connectivity index (χ3n) is 3.50. The number of ether oxygens (including phenoxy) is 1. The fourth-order valence-corrected chi connectivity index (χ4v) is 3.57. The minimum Gasteiger partial charge on any atom is -0.494 e. The summed E-state index contributed by atoms with van der Waals surface area (Å²) in [4.78, 5) is 11.3. The van der Waals surface area contributed by atoms with Crippen LogP contribution in [0.1, 0.15) is 23.6 Å². The number of hydrogen-bond acceptors (Lipinski definition) is 3. The predicted octanol–water partition coefficient (Wildman–Crippen LogP) is 4.44. The zero-order chi connectivity index (χ0) is 18.4. The molecule has 0 radical (unpaired) electrons. The first-order chi connectivity index (χ1) is 12.0. The van der Waals surface area contributed by atoms with E-state index in [1.807, 2.05) is 43.3 Å². The van der Waals surface area contributed by atoms with Gasteiger partial charge in [-0.15, -0.1) is 0 Å². The highest BCUT2D eigenvalue weighted by Gasteiger charge is 2.13. The Kier molecular flexibility index (Phi) is 7.02. The number of nitrogens with zero attached hydrogens (tertiary/aromatic N) is 1. The third-order valence-corrected chi connectivity index (χ3v) is 5.23. The number of rotatable bonds is 6. The molecule has 2 N–H and O–H groups in total. The van der Waals surface area contributed by atoms with E-state index in [0.717, 1.165) is 24.9 Å².